The van der Waals surface area contributed by atoms with Gasteiger partial charge in [0.05, 0.1) is 11.4 Å². The van der Waals surface area contributed by atoms with Gasteiger partial charge in [0.25, 0.3) is 5.91 Å². The number of hydrogen-bond acceptors (Lipinski definition) is 4. The van der Waals surface area contributed by atoms with Crippen molar-refractivity contribution in [2.24, 2.45) is 0 Å². The molecular weight excluding hydrogens is 264 g/mol. The highest BCUT2D eigenvalue weighted by Gasteiger charge is 2.29. The number of amides is 1. The number of likely N-dealkylation sites (N-methyl/N-ethyl adjacent to an activating group) is 1. The minimum atomic E-state index is 0.0938. The summed E-state index contributed by atoms with van der Waals surface area (Å²) < 4.78 is 0. The third-order valence-electron chi connectivity index (χ3n) is 3.97. The van der Waals surface area contributed by atoms with Crippen LogP contribution in [0.25, 0.3) is 0 Å². The van der Waals surface area contributed by atoms with Crippen molar-refractivity contribution in [1.82, 2.24) is 9.80 Å². The molecule has 1 aromatic carbocycles. The van der Waals surface area contributed by atoms with Gasteiger partial charge >= 0.3 is 0 Å². The number of anilines is 2. The van der Waals surface area contributed by atoms with Gasteiger partial charge < -0.3 is 20.4 Å². The van der Waals surface area contributed by atoms with Crippen LogP contribution in [0.15, 0.2) is 18.2 Å². The summed E-state index contributed by atoms with van der Waals surface area (Å²) in [6, 6.07) is 5.89. The zero-order valence-corrected chi connectivity index (χ0v) is 13.5. The van der Waals surface area contributed by atoms with Crippen LogP contribution in [-0.2, 0) is 0 Å². The third-order valence-corrected chi connectivity index (χ3v) is 3.97. The topological polar surface area (TPSA) is 52.8 Å². The van der Waals surface area contributed by atoms with E-state index < -0.39 is 0 Å². The molecule has 1 aliphatic rings. The molecular formula is C16H26N4O. The molecule has 1 saturated heterocycles. The van der Waals surface area contributed by atoms with Crippen LogP contribution in [0.1, 0.15) is 23.2 Å². The zero-order valence-electron chi connectivity index (χ0n) is 13.5. The number of likely N-dealkylation sites (tertiary alicyclic amines) is 1. The summed E-state index contributed by atoms with van der Waals surface area (Å²) >= 11 is 0. The van der Waals surface area contributed by atoms with Gasteiger partial charge in [0.15, 0.2) is 0 Å². The molecule has 1 aliphatic heterocycles. The van der Waals surface area contributed by atoms with Crippen LogP contribution in [0.2, 0.25) is 0 Å². The largest absolute Gasteiger partial charge is 0.397 e. The number of benzene rings is 1. The molecule has 0 aliphatic carbocycles. The number of rotatable bonds is 4. The molecule has 5 heteroatoms. The Bertz CT molecular complexity index is 513. The van der Waals surface area contributed by atoms with Crippen molar-refractivity contribution in [1.29, 1.82) is 0 Å². The fourth-order valence-corrected chi connectivity index (χ4v) is 2.98. The average Bonchev–Trinajstić information content (AvgIpc) is 2.84. The molecule has 1 heterocycles. The van der Waals surface area contributed by atoms with Crippen molar-refractivity contribution in [3.05, 3.63) is 23.8 Å². The molecule has 0 radical (unpaired) electrons. The Kier molecular flexibility index (Phi) is 4.73. The van der Waals surface area contributed by atoms with Gasteiger partial charge in [0, 0.05) is 38.8 Å². The van der Waals surface area contributed by atoms with Gasteiger partial charge in [0.1, 0.15) is 0 Å². The molecule has 2 rings (SSSR count). The number of nitrogen functional groups attached to an aromatic ring is 1. The lowest BCUT2D eigenvalue weighted by Gasteiger charge is -2.27. The number of nitrogens with zero attached hydrogens (tertiary/aromatic N) is 3. The first kappa shape index (κ1) is 15.6. The summed E-state index contributed by atoms with van der Waals surface area (Å²) in [6.45, 7) is 1.75. The second-order valence-electron chi connectivity index (χ2n) is 6.22. The lowest BCUT2D eigenvalue weighted by molar-refractivity contribution is 0.0716. The van der Waals surface area contributed by atoms with E-state index in [-0.39, 0.29) is 5.91 Å². The summed E-state index contributed by atoms with van der Waals surface area (Å²) in [6.07, 6.45) is 2.16. The van der Waals surface area contributed by atoms with Gasteiger partial charge in [-0.1, -0.05) is 0 Å². The lowest BCUT2D eigenvalue weighted by Crippen LogP contribution is -2.41. The molecule has 1 amide bonds. The van der Waals surface area contributed by atoms with Crippen molar-refractivity contribution >= 4 is 17.3 Å². The Morgan fingerprint density at radius 3 is 2.62 bits per heavy atom. The van der Waals surface area contributed by atoms with Crippen LogP contribution >= 0.6 is 0 Å². The normalized spacial score (nSPS) is 18.3. The number of hydrogen-bond donors (Lipinski definition) is 1. The van der Waals surface area contributed by atoms with E-state index in [1.807, 2.05) is 50.1 Å². The molecule has 0 spiro atoms. The predicted molar refractivity (Wildman–Crippen MR) is 87.8 cm³/mol. The molecule has 0 bridgehead atoms. The Balaban J connectivity index is 2.17. The van der Waals surface area contributed by atoms with E-state index in [0.29, 0.717) is 17.3 Å². The fourth-order valence-electron chi connectivity index (χ4n) is 2.98. The van der Waals surface area contributed by atoms with Crippen LogP contribution in [0.5, 0.6) is 0 Å². The van der Waals surface area contributed by atoms with E-state index in [9.17, 15) is 4.79 Å². The highest BCUT2D eigenvalue weighted by molar-refractivity contribution is 5.96. The van der Waals surface area contributed by atoms with Crippen molar-refractivity contribution < 1.29 is 4.79 Å². The van der Waals surface area contributed by atoms with Gasteiger partial charge in [-0.05, 0) is 45.1 Å². The highest BCUT2D eigenvalue weighted by Crippen LogP contribution is 2.25. The zero-order chi connectivity index (χ0) is 15.6. The molecule has 1 unspecified atom stereocenters. The van der Waals surface area contributed by atoms with E-state index >= 15 is 0 Å². The summed E-state index contributed by atoms with van der Waals surface area (Å²) in [5.41, 5.74) is 8.33. The van der Waals surface area contributed by atoms with Crippen molar-refractivity contribution in [3.8, 4) is 0 Å². The van der Waals surface area contributed by atoms with E-state index in [2.05, 4.69) is 4.90 Å². The Morgan fingerprint density at radius 1 is 1.33 bits per heavy atom. The number of carbonyl (C=O) groups is 1. The van der Waals surface area contributed by atoms with Gasteiger partial charge in [-0.15, -0.1) is 0 Å². The number of nitrogens with two attached hydrogens (primary N) is 1. The van der Waals surface area contributed by atoms with Gasteiger partial charge in [-0.25, -0.2) is 0 Å². The lowest BCUT2D eigenvalue weighted by atomic mass is 10.1. The minimum Gasteiger partial charge on any atom is -0.397 e. The molecule has 2 N–H and O–H groups in total. The quantitative estimate of drug-likeness (QED) is 0.854. The van der Waals surface area contributed by atoms with Crippen molar-refractivity contribution in [2.75, 3.05) is 51.9 Å². The van der Waals surface area contributed by atoms with Crippen molar-refractivity contribution in [3.63, 3.8) is 0 Å². The summed E-state index contributed by atoms with van der Waals surface area (Å²) in [4.78, 5) is 18.8. The monoisotopic (exact) mass is 290 g/mol. The second kappa shape index (κ2) is 6.35. The van der Waals surface area contributed by atoms with E-state index in [4.69, 9.17) is 5.73 Å². The van der Waals surface area contributed by atoms with Crippen molar-refractivity contribution in [2.45, 2.75) is 18.9 Å². The molecule has 116 valence electrons. The average molecular weight is 290 g/mol. The third kappa shape index (κ3) is 3.47. The van der Waals surface area contributed by atoms with Crippen LogP contribution < -0.4 is 10.6 Å². The van der Waals surface area contributed by atoms with Crippen LogP contribution in [-0.4, -0.2) is 63.0 Å². The first-order valence-electron chi connectivity index (χ1n) is 7.42. The highest BCUT2D eigenvalue weighted by atomic mass is 16.2. The fraction of sp³-hybridized carbons (Fsp3) is 0.562. The molecule has 1 fully saturated rings. The van der Waals surface area contributed by atoms with E-state index in [1.54, 1.807) is 6.07 Å². The van der Waals surface area contributed by atoms with Gasteiger partial charge in [0.2, 0.25) is 0 Å². The van der Waals surface area contributed by atoms with Crippen LogP contribution in [0.3, 0.4) is 0 Å². The van der Waals surface area contributed by atoms with Gasteiger partial charge in [-0.2, -0.15) is 0 Å². The predicted octanol–water partition coefficient (Wildman–Crippen LogP) is 1.50. The first-order chi connectivity index (χ1) is 9.90. The maximum Gasteiger partial charge on any atom is 0.254 e. The number of carbonyl (C=O) groups excluding carboxylic acids is 1. The van der Waals surface area contributed by atoms with E-state index in [1.165, 1.54) is 0 Å². The molecule has 0 saturated carbocycles. The minimum absolute atomic E-state index is 0.0938. The van der Waals surface area contributed by atoms with Gasteiger partial charge in [-0.3, -0.25) is 4.79 Å². The molecule has 1 atom stereocenters. The molecule has 1 aromatic rings. The first-order valence-corrected chi connectivity index (χ1v) is 7.42. The van der Waals surface area contributed by atoms with Crippen LogP contribution in [0.4, 0.5) is 11.4 Å². The second-order valence-corrected chi connectivity index (χ2v) is 6.22. The van der Waals surface area contributed by atoms with Crippen LogP contribution in [0, 0.1) is 0 Å². The Morgan fingerprint density at radius 2 is 2.05 bits per heavy atom. The summed E-state index contributed by atoms with van der Waals surface area (Å²) in [5.74, 6) is 0.0938. The molecule has 0 aromatic heterocycles. The Hall–Kier alpha value is -1.75. The molecule has 21 heavy (non-hydrogen) atoms. The Labute approximate surface area is 127 Å². The smallest absolute Gasteiger partial charge is 0.254 e. The maximum absolute atomic E-state index is 12.7. The standard InChI is InChI=1S/C16H26N4O/c1-18(2)11-13-6-5-9-20(13)16(21)12-7-8-15(19(3)4)14(17)10-12/h7-8,10,13H,5-6,9,11,17H2,1-4H3. The molecule has 5 nitrogen and oxygen atoms in total. The SMILES string of the molecule is CN(C)CC1CCCN1C(=O)c1ccc(N(C)C)c(N)c1. The summed E-state index contributed by atoms with van der Waals surface area (Å²) in [5, 5.41) is 0. The van der Waals surface area contributed by atoms with E-state index in [0.717, 1.165) is 31.6 Å². The maximum atomic E-state index is 12.7. The summed E-state index contributed by atoms with van der Waals surface area (Å²) in [7, 11) is 7.98.